The van der Waals surface area contributed by atoms with Crippen LogP contribution in [0.2, 0.25) is 5.02 Å². The Kier molecular flexibility index (Phi) is 10.5. The Morgan fingerprint density at radius 1 is 1.14 bits per heavy atom. The first kappa shape index (κ1) is 35.3. The lowest BCUT2D eigenvalue weighted by molar-refractivity contribution is 0.0131. The lowest BCUT2D eigenvalue weighted by Crippen LogP contribution is -2.49. The van der Waals surface area contributed by atoms with Crippen LogP contribution in [0.3, 0.4) is 0 Å². The highest BCUT2D eigenvalue weighted by atomic mass is 35.5. The topological polar surface area (TPSA) is 119 Å². The number of urea groups is 1. The molecule has 270 valence electrons. The Morgan fingerprint density at radius 3 is 2.76 bits per heavy atom. The summed E-state index contributed by atoms with van der Waals surface area (Å²) in [4.78, 5) is 29.5. The van der Waals surface area contributed by atoms with Gasteiger partial charge in [-0.05, 0) is 111 Å². The van der Waals surface area contributed by atoms with Gasteiger partial charge in [0.15, 0.2) is 0 Å². The van der Waals surface area contributed by atoms with E-state index in [-0.39, 0.29) is 29.2 Å². The molecule has 0 unspecified atom stereocenters. The van der Waals surface area contributed by atoms with Crippen LogP contribution in [-0.2, 0) is 31.2 Å². The molecule has 5 aliphatic rings. The summed E-state index contributed by atoms with van der Waals surface area (Å²) in [5.74, 6) is 0.730. The third-order valence-corrected chi connectivity index (χ3v) is 13.5. The number of rotatable bonds is 3. The van der Waals surface area contributed by atoms with E-state index in [1.165, 1.54) is 11.1 Å². The van der Waals surface area contributed by atoms with Crippen LogP contribution < -0.4 is 19.7 Å². The zero-order valence-electron chi connectivity index (χ0n) is 29.0. The molecule has 10 nitrogen and oxygen atoms in total. The number of nitrogens with zero attached hydrogens (tertiary/aromatic N) is 2. The average molecular weight is 725 g/mol. The van der Waals surface area contributed by atoms with Crippen molar-refractivity contribution in [1.82, 2.24) is 10.0 Å². The van der Waals surface area contributed by atoms with Crippen molar-refractivity contribution in [3.63, 3.8) is 0 Å². The highest BCUT2D eigenvalue weighted by molar-refractivity contribution is 7.92. The molecule has 1 saturated carbocycles. The minimum absolute atomic E-state index is 0.0279. The van der Waals surface area contributed by atoms with E-state index in [1.54, 1.807) is 13.2 Å². The second kappa shape index (κ2) is 14.9. The quantitative estimate of drug-likeness (QED) is 0.350. The van der Waals surface area contributed by atoms with Gasteiger partial charge in [0.2, 0.25) is 0 Å². The molecule has 12 heteroatoms. The SMILES string of the molecule is CO[C@H]1/C=C/C[C@H](C)C[S@@](=O)(NC(=O)NC2CCOCC2)=NC(=O)c2ccc3c(c2)N(C[C@@H]2CC[C@H]21)C[C@@]1(CCCc2cc(Cl)ccc21)CO3. The molecule has 3 heterocycles. The molecule has 7 rings (SSSR count). The molecule has 0 aromatic heterocycles. The summed E-state index contributed by atoms with van der Waals surface area (Å²) in [6.07, 6.45) is 11.3. The maximum atomic E-state index is 14.4. The molecule has 2 aromatic rings. The molecule has 2 aromatic carbocycles. The normalized spacial score (nSPS) is 32.3. The summed E-state index contributed by atoms with van der Waals surface area (Å²) in [6.45, 7) is 5.09. The molecule has 2 aliphatic carbocycles. The van der Waals surface area contributed by atoms with Crippen LogP contribution in [0.15, 0.2) is 52.9 Å². The van der Waals surface area contributed by atoms with Gasteiger partial charge >= 0.3 is 6.03 Å². The molecule has 2 fully saturated rings. The molecule has 1 spiro atoms. The number of hydrogen-bond acceptors (Lipinski definition) is 7. The molecule has 2 bridgehead atoms. The van der Waals surface area contributed by atoms with Crippen molar-refractivity contribution in [3.8, 4) is 5.75 Å². The number of fused-ring (bicyclic) bond motifs is 4. The van der Waals surface area contributed by atoms with Crippen molar-refractivity contribution in [2.24, 2.45) is 22.1 Å². The Hall–Kier alpha value is -3.12. The van der Waals surface area contributed by atoms with Gasteiger partial charge in [-0.3, -0.25) is 9.52 Å². The first-order valence-corrected chi connectivity index (χ1v) is 20.2. The Balaban J connectivity index is 1.26. The van der Waals surface area contributed by atoms with E-state index in [0.29, 0.717) is 62.2 Å². The number of halogens is 1. The maximum Gasteiger partial charge on any atom is 0.327 e. The predicted molar refractivity (Wildman–Crippen MR) is 195 cm³/mol. The van der Waals surface area contributed by atoms with Gasteiger partial charge in [0.1, 0.15) is 15.7 Å². The fourth-order valence-corrected chi connectivity index (χ4v) is 10.6. The molecular formula is C38H49ClN4O6S. The number of methoxy groups -OCH3 is 1. The van der Waals surface area contributed by atoms with E-state index in [2.05, 4.69) is 43.6 Å². The maximum absolute atomic E-state index is 14.4. The number of carbonyl (C=O) groups is 2. The number of carbonyl (C=O) groups excluding carboxylic acids is 2. The molecule has 6 atom stereocenters. The first-order chi connectivity index (χ1) is 24.1. The van der Waals surface area contributed by atoms with Crippen LogP contribution in [0, 0.1) is 17.8 Å². The van der Waals surface area contributed by atoms with Gasteiger partial charge in [-0.1, -0.05) is 36.7 Å². The fourth-order valence-electron chi connectivity index (χ4n) is 8.57. The number of ether oxygens (including phenoxy) is 3. The second-order valence-corrected chi connectivity index (χ2v) is 17.4. The van der Waals surface area contributed by atoms with Crippen LogP contribution in [-0.4, -0.2) is 74.1 Å². The number of nitrogens with one attached hydrogen (secondary N) is 2. The van der Waals surface area contributed by atoms with E-state index < -0.39 is 21.9 Å². The summed E-state index contributed by atoms with van der Waals surface area (Å²) < 4.78 is 39.4. The summed E-state index contributed by atoms with van der Waals surface area (Å²) in [7, 11) is -1.71. The van der Waals surface area contributed by atoms with Gasteiger partial charge in [-0.15, -0.1) is 4.36 Å². The van der Waals surface area contributed by atoms with Crippen molar-refractivity contribution >= 4 is 39.1 Å². The molecular weight excluding hydrogens is 676 g/mol. The third-order valence-electron chi connectivity index (χ3n) is 11.3. The van der Waals surface area contributed by atoms with Crippen LogP contribution in [0.1, 0.15) is 73.4 Å². The van der Waals surface area contributed by atoms with E-state index in [9.17, 15) is 13.8 Å². The molecule has 2 N–H and O–H groups in total. The van der Waals surface area contributed by atoms with Gasteiger partial charge in [0, 0.05) is 55.5 Å². The number of aryl methyl sites for hydroxylation is 1. The van der Waals surface area contributed by atoms with Crippen LogP contribution >= 0.6 is 11.6 Å². The van der Waals surface area contributed by atoms with Gasteiger partial charge < -0.3 is 24.4 Å². The van der Waals surface area contributed by atoms with Crippen molar-refractivity contribution in [2.45, 2.75) is 75.9 Å². The zero-order chi connectivity index (χ0) is 34.9. The van der Waals surface area contributed by atoms with Gasteiger partial charge in [0.25, 0.3) is 5.91 Å². The summed E-state index contributed by atoms with van der Waals surface area (Å²) in [6, 6.07) is 10.9. The summed E-state index contributed by atoms with van der Waals surface area (Å²) in [5, 5.41) is 3.65. The molecule has 50 heavy (non-hydrogen) atoms. The minimum atomic E-state index is -3.48. The minimum Gasteiger partial charge on any atom is -0.490 e. The van der Waals surface area contributed by atoms with Crippen LogP contribution in [0.5, 0.6) is 5.75 Å². The number of benzene rings is 2. The molecule has 3 aliphatic heterocycles. The van der Waals surface area contributed by atoms with E-state index in [4.69, 9.17) is 25.8 Å². The third kappa shape index (κ3) is 7.56. The van der Waals surface area contributed by atoms with Gasteiger partial charge in [0.05, 0.1) is 24.2 Å². The predicted octanol–water partition coefficient (Wildman–Crippen LogP) is 6.45. The Morgan fingerprint density at radius 2 is 1.98 bits per heavy atom. The van der Waals surface area contributed by atoms with Crippen molar-refractivity contribution < 1.29 is 28.0 Å². The van der Waals surface area contributed by atoms with Gasteiger partial charge in [-0.25, -0.2) is 9.00 Å². The Bertz CT molecular complexity index is 1750. The van der Waals surface area contributed by atoms with Crippen LogP contribution in [0.4, 0.5) is 10.5 Å². The van der Waals surface area contributed by atoms with Crippen LogP contribution in [0.25, 0.3) is 0 Å². The van der Waals surface area contributed by atoms with Crippen molar-refractivity contribution in [1.29, 1.82) is 0 Å². The van der Waals surface area contributed by atoms with E-state index >= 15 is 0 Å². The monoisotopic (exact) mass is 724 g/mol. The molecule has 1 saturated heterocycles. The fraction of sp³-hybridized carbons (Fsp3) is 0.579. The number of hydrogen-bond donors (Lipinski definition) is 2. The summed E-state index contributed by atoms with van der Waals surface area (Å²) in [5.41, 5.74) is 3.44. The second-order valence-electron chi connectivity index (χ2n) is 14.9. The summed E-state index contributed by atoms with van der Waals surface area (Å²) >= 11 is 6.45. The van der Waals surface area contributed by atoms with Crippen molar-refractivity contribution in [3.05, 3.63) is 70.3 Å². The molecule has 3 amide bonds. The van der Waals surface area contributed by atoms with E-state index in [0.717, 1.165) is 55.9 Å². The number of allylic oxidation sites excluding steroid dienone is 1. The van der Waals surface area contributed by atoms with E-state index in [1.807, 2.05) is 25.1 Å². The lowest BCUT2D eigenvalue weighted by Gasteiger charge is -2.46. The number of amides is 3. The largest absolute Gasteiger partial charge is 0.490 e. The lowest BCUT2D eigenvalue weighted by atomic mass is 9.68. The van der Waals surface area contributed by atoms with Crippen molar-refractivity contribution in [2.75, 3.05) is 50.7 Å². The highest BCUT2D eigenvalue weighted by Crippen LogP contribution is 2.47. The Labute approximate surface area is 300 Å². The molecule has 0 radical (unpaired) electrons. The standard InChI is InChI=1S/C38H49ClN4O6S/c1-25-5-3-7-34(47-2)31-11-8-28(31)21-43-23-38(16-4-6-26-19-29(39)10-12-32(26)38)24-49-35-13-9-27(20-33(35)43)36(44)41-50(46,22-25)42-37(45)40-30-14-17-48-18-15-30/h3,7,9-10,12-13,19-20,25,28,30-31,34H,4-6,8,11,14-18,21-24H2,1-2H3,(H2,40,41,42,44,45,46)/b7-3+/t25-,28-,31+,34-,38-,50-/m0/s1. The smallest absolute Gasteiger partial charge is 0.327 e. The number of anilines is 1. The van der Waals surface area contributed by atoms with Gasteiger partial charge in [-0.2, -0.15) is 0 Å². The zero-order valence-corrected chi connectivity index (χ0v) is 30.6. The highest BCUT2D eigenvalue weighted by Gasteiger charge is 2.44. The first-order valence-electron chi connectivity index (χ1n) is 18.1. The average Bonchev–Trinajstić information content (AvgIpc) is 3.22.